The number of anilines is 1. The third-order valence-electron chi connectivity index (χ3n) is 4.44. The van der Waals surface area contributed by atoms with Crippen LogP contribution in [0.1, 0.15) is 32.6 Å². The van der Waals surface area contributed by atoms with Gasteiger partial charge in [0.1, 0.15) is 0 Å². The van der Waals surface area contributed by atoms with Crippen molar-refractivity contribution < 1.29 is 5.11 Å². The zero-order valence-corrected chi connectivity index (χ0v) is 11.6. The normalized spacial score (nSPS) is 28.1. The fourth-order valence-electron chi connectivity index (χ4n) is 3.02. The molecule has 1 fully saturated rings. The number of hydrogen-bond donors (Lipinski definition) is 1. The monoisotopic (exact) mass is 247 g/mol. The molecule has 0 bridgehead atoms. The molecule has 1 aliphatic carbocycles. The summed E-state index contributed by atoms with van der Waals surface area (Å²) in [4.78, 5) is 2.28. The smallest absolute Gasteiger partial charge is 0.0504 e. The van der Waals surface area contributed by atoms with Crippen molar-refractivity contribution in [1.82, 2.24) is 0 Å². The Balaban J connectivity index is 2.02. The van der Waals surface area contributed by atoms with Gasteiger partial charge in [0.25, 0.3) is 0 Å². The van der Waals surface area contributed by atoms with Crippen LogP contribution >= 0.6 is 0 Å². The highest BCUT2D eigenvalue weighted by Crippen LogP contribution is 2.39. The maximum absolute atomic E-state index is 9.80. The Morgan fingerprint density at radius 2 is 1.83 bits per heavy atom. The minimum absolute atomic E-state index is 0.108. The van der Waals surface area contributed by atoms with Crippen LogP contribution in [0.2, 0.25) is 0 Å². The Bertz CT molecular complexity index is 355. The first kappa shape index (κ1) is 13.4. The lowest BCUT2D eigenvalue weighted by Gasteiger charge is -2.41. The van der Waals surface area contributed by atoms with Gasteiger partial charge in [0, 0.05) is 24.7 Å². The lowest BCUT2D eigenvalue weighted by molar-refractivity contribution is 0.0740. The Kier molecular flexibility index (Phi) is 4.28. The van der Waals surface area contributed by atoms with Crippen molar-refractivity contribution in [1.29, 1.82) is 0 Å². The van der Waals surface area contributed by atoms with E-state index in [1.807, 2.05) is 6.07 Å². The summed E-state index contributed by atoms with van der Waals surface area (Å²) in [5.74, 6) is 0.826. The Hall–Kier alpha value is -1.02. The maximum atomic E-state index is 9.80. The molecule has 2 heteroatoms. The zero-order chi connectivity index (χ0) is 13.0. The van der Waals surface area contributed by atoms with Gasteiger partial charge < -0.3 is 10.0 Å². The molecule has 2 rings (SSSR count). The molecule has 0 atom stereocenters. The summed E-state index contributed by atoms with van der Waals surface area (Å²) >= 11 is 0. The van der Waals surface area contributed by atoms with E-state index in [2.05, 4.69) is 43.1 Å². The van der Waals surface area contributed by atoms with Crippen LogP contribution < -0.4 is 4.90 Å². The van der Waals surface area contributed by atoms with Crippen molar-refractivity contribution >= 4 is 5.69 Å². The zero-order valence-electron chi connectivity index (χ0n) is 11.6. The van der Waals surface area contributed by atoms with Crippen molar-refractivity contribution in [2.75, 3.05) is 25.1 Å². The summed E-state index contributed by atoms with van der Waals surface area (Å²) < 4.78 is 0. The minimum Gasteiger partial charge on any atom is -0.396 e. The molecular formula is C16H25NO. The van der Waals surface area contributed by atoms with E-state index in [-0.39, 0.29) is 5.41 Å². The lowest BCUT2D eigenvalue weighted by Crippen LogP contribution is -2.41. The molecule has 0 heterocycles. The van der Waals surface area contributed by atoms with Gasteiger partial charge in [-0.15, -0.1) is 0 Å². The van der Waals surface area contributed by atoms with Crippen molar-refractivity contribution in [2.45, 2.75) is 32.6 Å². The van der Waals surface area contributed by atoms with Crippen LogP contribution in [0.4, 0.5) is 5.69 Å². The molecule has 100 valence electrons. The van der Waals surface area contributed by atoms with E-state index >= 15 is 0 Å². The number of aliphatic hydroxyl groups excluding tert-OH is 1. The molecule has 0 spiro atoms. The van der Waals surface area contributed by atoms with E-state index in [1.165, 1.54) is 18.5 Å². The van der Waals surface area contributed by atoms with E-state index in [4.69, 9.17) is 0 Å². The summed E-state index contributed by atoms with van der Waals surface area (Å²) in [6.45, 7) is 3.60. The topological polar surface area (TPSA) is 23.5 Å². The lowest BCUT2D eigenvalue weighted by atomic mass is 9.71. The molecule has 0 aromatic heterocycles. The largest absolute Gasteiger partial charge is 0.396 e. The Morgan fingerprint density at radius 3 is 2.39 bits per heavy atom. The van der Waals surface area contributed by atoms with E-state index in [0.717, 1.165) is 25.3 Å². The third-order valence-corrected chi connectivity index (χ3v) is 4.44. The van der Waals surface area contributed by atoms with E-state index < -0.39 is 0 Å². The molecule has 0 unspecified atom stereocenters. The van der Waals surface area contributed by atoms with Crippen LogP contribution in [-0.4, -0.2) is 25.3 Å². The highest BCUT2D eigenvalue weighted by molar-refractivity contribution is 5.45. The number of para-hydroxylation sites is 1. The molecule has 0 aliphatic heterocycles. The van der Waals surface area contributed by atoms with Gasteiger partial charge in [-0.1, -0.05) is 38.0 Å². The number of rotatable bonds is 4. The first-order valence-electron chi connectivity index (χ1n) is 7.02. The predicted octanol–water partition coefficient (Wildman–Crippen LogP) is 3.31. The fraction of sp³-hybridized carbons (Fsp3) is 0.625. The highest BCUT2D eigenvalue weighted by Gasteiger charge is 2.34. The van der Waals surface area contributed by atoms with Gasteiger partial charge in [-0.2, -0.15) is 0 Å². The SMILES string of the molecule is CC1CCC(CO)(CN(C)c2ccccc2)CC1. The second-order valence-electron chi connectivity index (χ2n) is 6.03. The Labute approximate surface area is 111 Å². The van der Waals surface area contributed by atoms with E-state index in [1.54, 1.807) is 0 Å². The predicted molar refractivity (Wildman–Crippen MR) is 76.9 cm³/mol. The van der Waals surface area contributed by atoms with Crippen LogP contribution in [0.25, 0.3) is 0 Å². The molecule has 1 aromatic carbocycles. The Morgan fingerprint density at radius 1 is 1.22 bits per heavy atom. The van der Waals surface area contributed by atoms with Crippen molar-refractivity contribution in [3.05, 3.63) is 30.3 Å². The number of nitrogens with zero attached hydrogens (tertiary/aromatic N) is 1. The summed E-state index contributed by atoms with van der Waals surface area (Å²) in [6.07, 6.45) is 4.82. The van der Waals surface area contributed by atoms with Gasteiger partial charge >= 0.3 is 0 Å². The first-order chi connectivity index (χ1) is 8.65. The number of hydrogen-bond acceptors (Lipinski definition) is 2. The molecule has 1 saturated carbocycles. The van der Waals surface area contributed by atoms with Crippen LogP contribution in [0.15, 0.2) is 30.3 Å². The van der Waals surface area contributed by atoms with Crippen LogP contribution in [0, 0.1) is 11.3 Å². The fourth-order valence-corrected chi connectivity index (χ4v) is 3.02. The van der Waals surface area contributed by atoms with Crippen LogP contribution in [-0.2, 0) is 0 Å². The van der Waals surface area contributed by atoms with E-state index in [9.17, 15) is 5.11 Å². The van der Waals surface area contributed by atoms with Gasteiger partial charge in [-0.25, -0.2) is 0 Å². The summed E-state index contributed by atoms with van der Waals surface area (Å²) in [7, 11) is 2.13. The molecule has 1 N–H and O–H groups in total. The number of benzene rings is 1. The molecule has 1 aromatic rings. The van der Waals surface area contributed by atoms with Gasteiger partial charge in [0.15, 0.2) is 0 Å². The molecule has 0 saturated heterocycles. The molecular weight excluding hydrogens is 222 g/mol. The highest BCUT2D eigenvalue weighted by atomic mass is 16.3. The standard InChI is InChI=1S/C16H25NO/c1-14-8-10-16(13-18,11-9-14)12-17(2)15-6-4-3-5-7-15/h3-7,14,18H,8-13H2,1-2H3. The van der Waals surface area contributed by atoms with Crippen LogP contribution in [0.5, 0.6) is 0 Å². The third kappa shape index (κ3) is 3.05. The van der Waals surface area contributed by atoms with E-state index in [0.29, 0.717) is 6.61 Å². The summed E-state index contributed by atoms with van der Waals surface area (Å²) in [5.41, 5.74) is 1.35. The minimum atomic E-state index is 0.108. The molecule has 1 aliphatic rings. The van der Waals surface area contributed by atoms with Crippen LogP contribution in [0.3, 0.4) is 0 Å². The maximum Gasteiger partial charge on any atom is 0.0504 e. The average molecular weight is 247 g/mol. The molecule has 0 radical (unpaired) electrons. The van der Waals surface area contributed by atoms with Crippen molar-refractivity contribution in [3.63, 3.8) is 0 Å². The second kappa shape index (κ2) is 5.75. The van der Waals surface area contributed by atoms with Gasteiger partial charge in [0.05, 0.1) is 6.61 Å². The van der Waals surface area contributed by atoms with Crippen molar-refractivity contribution in [3.8, 4) is 0 Å². The van der Waals surface area contributed by atoms with Gasteiger partial charge in [-0.05, 0) is 30.9 Å². The molecule has 2 nitrogen and oxygen atoms in total. The van der Waals surface area contributed by atoms with Crippen molar-refractivity contribution in [2.24, 2.45) is 11.3 Å². The quantitative estimate of drug-likeness (QED) is 0.882. The van der Waals surface area contributed by atoms with Gasteiger partial charge in [-0.3, -0.25) is 0 Å². The first-order valence-corrected chi connectivity index (χ1v) is 7.02. The summed E-state index contributed by atoms with van der Waals surface area (Å²) in [6, 6.07) is 10.5. The second-order valence-corrected chi connectivity index (χ2v) is 6.03. The molecule has 18 heavy (non-hydrogen) atoms. The summed E-state index contributed by atoms with van der Waals surface area (Å²) in [5, 5.41) is 9.80. The average Bonchev–Trinajstić information content (AvgIpc) is 2.43. The number of aliphatic hydroxyl groups is 1. The molecule has 0 amide bonds. The van der Waals surface area contributed by atoms with Gasteiger partial charge in [0.2, 0.25) is 0 Å².